The molecule has 1 aromatic heterocycles. The van der Waals surface area contributed by atoms with E-state index in [1.807, 2.05) is 6.92 Å². The molecule has 0 aliphatic heterocycles. The van der Waals surface area contributed by atoms with Gasteiger partial charge in [-0.15, -0.1) is 0 Å². The lowest BCUT2D eigenvalue weighted by molar-refractivity contribution is 0.417. The summed E-state index contributed by atoms with van der Waals surface area (Å²) in [5.74, 6) is 1.91. The molecule has 19 heavy (non-hydrogen) atoms. The summed E-state index contributed by atoms with van der Waals surface area (Å²) in [6.45, 7) is 3.63. The van der Waals surface area contributed by atoms with Gasteiger partial charge in [-0.1, -0.05) is 23.2 Å². The van der Waals surface area contributed by atoms with Crippen molar-refractivity contribution in [3.05, 3.63) is 39.8 Å². The van der Waals surface area contributed by atoms with E-state index < -0.39 is 0 Å². The molecule has 2 rings (SSSR count). The minimum absolute atomic E-state index is 0.427. The van der Waals surface area contributed by atoms with Crippen molar-refractivity contribution in [3.63, 3.8) is 0 Å². The van der Waals surface area contributed by atoms with Crippen LogP contribution in [0.1, 0.15) is 11.4 Å². The summed E-state index contributed by atoms with van der Waals surface area (Å²) < 4.78 is 5.28. The topological polar surface area (TPSA) is 47.0 Å². The molecule has 0 bridgehead atoms. The first-order valence-corrected chi connectivity index (χ1v) is 6.38. The van der Waals surface area contributed by atoms with Crippen molar-refractivity contribution in [2.24, 2.45) is 0 Å². The largest absolute Gasteiger partial charge is 0.495 e. The number of hydrogen-bond donors (Lipinski definition) is 1. The zero-order chi connectivity index (χ0) is 14.0. The Hall–Kier alpha value is -1.52. The van der Waals surface area contributed by atoms with Gasteiger partial charge in [-0.2, -0.15) is 0 Å². The van der Waals surface area contributed by atoms with Crippen LogP contribution < -0.4 is 10.1 Å². The van der Waals surface area contributed by atoms with E-state index in [-0.39, 0.29) is 0 Å². The fourth-order valence-corrected chi connectivity index (χ4v) is 2.01. The lowest BCUT2D eigenvalue weighted by Gasteiger charge is -2.13. The van der Waals surface area contributed by atoms with Crippen molar-refractivity contribution >= 4 is 34.7 Å². The van der Waals surface area contributed by atoms with E-state index >= 15 is 0 Å². The molecule has 100 valence electrons. The predicted octanol–water partition coefficient (Wildman–Crippen LogP) is 4.15. The molecule has 2 aromatic rings. The van der Waals surface area contributed by atoms with Crippen LogP contribution in [0, 0.1) is 13.8 Å². The Balaban J connectivity index is 2.44. The fraction of sp³-hybridized carbons (Fsp3) is 0.231. The number of rotatable bonds is 3. The van der Waals surface area contributed by atoms with Crippen LogP contribution in [0.4, 0.5) is 11.5 Å². The van der Waals surface area contributed by atoms with Gasteiger partial charge in [-0.3, -0.25) is 0 Å². The van der Waals surface area contributed by atoms with Gasteiger partial charge in [0.1, 0.15) is 22.5 Å². The smallest absolute Gasteiger partial charge is 0.142 e. The number of benzene rings is 1. The molecule has 0 saturated heterocycles. The Labute approximate surface area is 121 Å². The third kappa shape index (κ3) is 3.08. The standard InChI is InChI=1S/C13H13Cl2N3O/c1-7-12(15)16-8(2)17-13(7)18-10-6-9(14)4-5-11(10)19-3/h4-6H,1-3H3,(H,16,17,18). The summed E-state index contributed by atoms with van der Waals surface area (Å²) >= 11 is 12.0. The normalized spacial score (nSPS) is 10.4. The van der Waals surface area contributed by atoms with E-state index in [1.165, 1.54) is 0 Å². The van der Waals surface area contributed by atoms with Crippen LogP contribution in [0.5, 0.6) is 5.75 Å². The second-order valence-corrected chi connectivity index (χ2v) is 4.80. The first kappa shape index (κ1) is 13.9. The number of nitrogens with zero attached hydrogens (tertiary/aromatic N) is 2. The molecule has 0 spiro atoms. The van der Waals surface area contributed by atoms with E-state index in [1.54, 1.807) is 32.2 Å². The first-order valence-electron chi connectivity index (χ1n) is 5.62. The zero-order valence-electron chi connectivity index (χ0n) is 10.8. The average molecular weight is 298 g/mol. The average Bonchev–Trinajstić information content (AvgIpc) is 2.35. The first-order chi connectivity index (χ1) is 9.01. The van der Waals surface area contributed by atoms with Gasteiger partial charge in [-0.25, -0.2) is 9.97 Å². The molecule has 0 saturated carbocycles. The van der Waals surface area contributed by atoms with Crippen LogP contribution >= 0.6 is 23.2 Å². The molecule has 0 aliphatic rings. The molecule has 1 N–H and O–H groups in total. The Bertz CT molecular complexity index is 617. The molecule has 6 heteroatoms. The minimum Gasteiger partial charge on any atom is -0.495 e. The predicted molar refractivity (Wildman–Crippen MR) is 77.8 cm³/mol. The van der Waals surface area contributed by atoms with Crippen LogP contribution in [0.2, 0.25) is 10.2 Å². The number of nitrogens with one attached hydrogen (secondary N) is 1. The maximum absolute atomic E-state index is 6.04. The van der Waals surface area contributed by atoms with Crippen molar-refractivity contribution in [1.82, 2.24) is 9.97 Å². The number of aryl methyl sites for hydroxylation is 1. The lowest BCUT2D eigenvalue weighted by Crippen LogP contribution is -2.02. The van der Waals surface area contributed by atoms with Gasteiger partial charge >= 0.3 is 0 Å². The van der Waals surface area contributed by atoms with Gasteiger partial charge < -0.3 is 10.1 Å². The van der Waals surface area contributed by atoms with E-state index in [0.717, 1.165) is 11.3 Å². The Kier molecular flexibility index (Phi) is 4.12. The highest BCUT2D eigenvalue weighted by Gasteiger charge is 2.10. The number of anilines is 2. The monoisotopic (exact) mass is 297 g/mol. The van der Waals surface area contributed by atoms with E-state index in [0.29, 0.717) is 27.6 Å². The van der Waals surface area contributed by atoms with Crippen molar-refractivity contribution in [2.75, 3.05) is 12.4 Å². The third-order valence-electron chi connectivity index (χ3n) is 2.61. The number of aromatic nitrogens is 2. The van der Waals surface area contributed by atoms with E-state index in [9.17, 15) is 0 Å². The van der Waals surface area contributed by atoms with Gasteiger partial charge in [-0.05, 0) is 32.0 Å². The molecule has 0 amide bonds. The molecule has 0 fully saturated rings. The van der Waals surface area contributed by atoms with E-state index in [2.05, 4.69) is 15.3 Å². The second kappa shape index (κ2) is 5.63. The highest BCUT2D eigenvalue weighted by atomic mass is 35.5. The molecule has 1 heterocycles. The highest BCUT2D eigenvalue weighted by molar-refractivity contribution is 6.31. The van der Waals surface area contributed by atoms with Crippen LogP contribution in [-0.2, 0) is 0 Å². The maximum Gasteiger partial charge on any atom is 0.142 e. The SMILES string of the molecule is COc1ccc(Cl)cc1Nc1nc(C)nc(Cl)c1C. The van der Waals surface area contributed by atoms with Gasteiger partial charge in [0.25, 0.3) is 0 Å². The molecule has 0 radical (unpaired) electrons. The van der Waals surface area contributed by atoms with Crippen LogP contribution in [-0.4, -0.2) is 17.1 Å². The quantitative estimate of drug-likeness (QED) is 0.865. The highest BCUT2D eigenvalue weighted by Crippen LogP contribution is 2.31. The molecule has 4 nitrogen and oxygen atoms in total. The van der Waals surface area contributed by atoms with Gasteiger partial charge in [0.05, 0.1) is 12.8 Å². The fourth-order valence-electron chi connectivity index (χ4n) is 1.62. The third-order valence-corrected chi connectivity index (χ3v) is 3.22. The molecule has 1 aromatic carbocycles. The van der Waals surface area contributed by atoms with E-state index in [4.69, 9.17) is 27.9 Å². The Morgan fingerprint density at radius 1 is 1.16 bits per heavy atom. The van der Waals surface area contributed by atoms with Crippen molar-refractivity contribution < 1.29 is 4.74 Å². The number of halogens is 2. The van der Waals surface area contributed by atoms with Crippen molar-refractivity contribution in [2.45, 2.75) is 13.8 Å². The van der Waals surface area contributed by atoms with Crippen molar-refractivity contribution in [3.8, 4) is 5.75 Å². The molecular weight excluding hydrogens is 285 g/mol. The number of hydrogen-bond acceptors (Lipinski definition) is 4. The molecule has 0 atom stereocenters. The van der Waals surface area contributed by atoms with Gasteiger partial charge in [0.15, 0.2) is 0 Å². The Morgan fingerprint density at radius 3 is 2.58 bits per heavy atom. The van der Waals surface area contributed by atoms with Crippen LogP contribution in [0.15, 0.2) is 18.2 Å². The second-order valence-electron chi connectivity index (χ2n) is 4.00. The molecular formula is C13H13Cl2N3O. The van der Waals surface area contributed by atoms with Crippen LogP contribution in [0.3, 0.4) is 0 Å². The van der Waals surface area contributed by atoms with Gasteiger partial charge in [0, 0.05) is 10.6 Å². The maximum atomic E-state index is 6.04. The number of methoxy groups -OCH3 is 1. The van der Waals surface area contributed by atoms with Crippen molar-refractivity contribution in [1.29, 1.82) is 0 Å². The lowest BCUT2D eigenvalue weighted by atomic mass is 10.2. The summed E-state index contributed by atoms with van der Waals surface area (Å²) in [5, 5.41) is 4.21. The summed E-state index contributed by atoms with van der Waals surface area (Å²) in [5.41, 5.74) is 1.50. The summed E-state index contributed by atoms with van der Waals surface area (Å²) in [7, 11) is 1.60. The number of ether oxygens (including phenoxy) is 1. The molecule has 0 aliphatic carbocycles. The zero-order valence-corrected chi connectivity index (χ0v) is 12.3. The van der Waals surface area contributed by atoms with Gasteiger partial charge in [0.2, 0.25) is 0 Å². The van der Waals surface area contributed by atoms with Crippen LogP contribution in [0.25, 0.3) is 0 Å². The summed E-state index contributed by atoms with van der Waals surface area (Å²) in [4.78, 5) is 8.42. The summed E-state index contributed by atoms with van der Waals surface area (Å²) in [6, 6.07) is 5.32. The minimum atomic E-state index is 0.427. The summed E-state index contributed by atoms with van der Waals surface area (Å²) in [6.07, 6.45) is 0. The molecule has 0 unspecified atom stereocenters. The Morgan fingerprint density at radius 2 is 1.89 bits per heavy atom.